The van der Waals surface area contributed by atoms with Crippen molar-refractivity contribution in [2.45, 2.75) is 32.4 Å². The van der Waals surface area contributed by atoms with Gasteiger partial charge in [-0.25, -0.2) is 0 Å². The molecule has 0 heterocycles. The molecule has 1 rings (SSSR count). The Hall–Kier alpha value is -1.26. The maximum atomic E-state index is 11.3. The highest BCUT2D eigenvalue weighted by Crippen LogP contribution is 2.11. The Labute approximate surface area is 108 Å². The minimum Gasteiger partial charge on any atom is -0.508 e. The number of hydrogen-bond donors (Lipinski definition) is 3. The van der Waals surface area contributed by atoms with Gasteiger partial charge in [0.25, 0.3) is 0 Å². The maximum Gasteiger partial charge on any atom is 0.236 e. The van der Waals surface area contributed by atoms with Crippen molar-refractivity contribution in [1.29, 1.82) is 0 Å². The van der Waals surface area contributed by atoms with Gasteiger partial charge in [0.2, 0.25) is 5.91 Å². The van der Waals surface area contributed by atoms with Gasteiger partial charge in [-0.2, -0.15) is 0 Å². The molecule has 1 aromatic rings. The average Bonchev–Trinajstić information content (AvgIpc) is 2.21. The molecular weight excluding hydrogens is 240 g/mol. The first-order chi connectivity index (χ1) is 7.49. The summed E-state index contributed by atoms with van der Waals surface area (Å²) in [4.78, 5) is 11.3. The van der Waals surface area contributed by atoms with Crippen molar-refractivity contribution in [1.82, 2.24) is 5.32 Å². The maximum absolute atomic E-state index is 11.3. The lowest BCUT2D eigenvalue weighted by Gasteiger charge is -2.15. The second-order valence-corrected chi connectivity index (χ2v) is 4.07. The Morgan fingerprint density at radius 1 is 1.35 bits per heavy atom. The molecule has 1 amide bonds. The summed E-state index contributed by atoms with van der Waals surface area (Å²) in [5.41, 5.74) is 6.52. The molecule has 0 aliphatic heterocycles. The number of hydrogen-bond acceptors (Lipinski definition) is 3. The van der Waals surface area contributed by atoms with Gasteiger partial charge in [-0.05, 0) is 38.0 Å². The monoisotopic (exact) mass is 258 g/mol. The number of carbonyl (C=O) groups is 1. The number of rotatable bonds is 4. The molecular formula is C12H19ClN2O2. The second kappa shape index (κ2) is 7.14. The van der Waals surface area contributed by atoms with Crippen LogP contribution in [-0.2, 0) is 11.2 Å². The first-order valence-corrected chi connectivity index (χ1v) is 5.33. The van der Waals surface area contributed by atoms with Crippen molar-refractivity contribution in [3.63, 3.8) is 0 Å². The number of phenols is 1. The third kappa shape index (κ3) is 5.56. The van der Waals surface area contributed by atoms with E-state index in [2.05, 4.69) is 5.32 Å². The minimum atomic E-state index is -0.484. The zero-order valence-electron chi connectivity index (χ0n) is 10.0. The van der Waals surface area contributed by atoms with Crippen molar-refractivity contribution < 1.29 is 9.90 Å². The fourth-order valence-electron chi connectivity index (χ4n) is 1.41. The predicted molar refractivity (Wildman–Crippen MR) is 70.3 cm³/mol. The molecule has 1 aromatic carbocycles. The Morgan fingerprint density at radius 3 is 2.35 bits per heavy atom. The molecule has 0 saturated heterocycles. The van der Waals surface area contributed by atoms with E-state index < -0.39 is 6.04 Å². The Kier molecular flexibility index (Phi) is 6.61. The molecule has 0 saturated carbocycles. The molecule has 0 aliphatic rings. The zero-order chi connectivity index (χ0) is 12.1. The summed E-state index contributed by atoms with van der Waals surface area (Å²) in [5.74, 6) is 0.0993. The van der Waals surface area contributed by atoms with Crippen LogP contribution in [0.3, 0.4) is 0 Å². The summed E-state index contributed by atoms with van der Waals surface area (Å²) in [6.45, 7) is 3.58. The van der Waals surface area contributed by atoms with Crippen molar-refractivity contribution in [2.24, 2.45) is 5.73 Å². The van der Waals surface area contributed by atoms with Gasteiger partial charge in [-0.15, -0.1) is 12.4 Å². The summed E-state index contributed by atoms with van der Waals surface area (Å²) < 4.78 is 0. The number of aromatic hydroxyl groups is 1. The molecule has 0 spiro atoms. The predicted octanol–water partition coefficient (Wildman–Crippen LogP) is 1.21. The molecule has 0 aromatic heterocycles. The summed E-state index contributed by atoms with van der Waals surface area (Å²) >= 11 is 0. The van der Waals surface area contributed by atoms with E-state index in [-0.39, 0.29) is 30.1 Å². The van der Waals surface area contributed by atoms with E-state index >= 15 is 0 Å². The SMILES string of the molecule is CC(Cc1ccc(O)cc1)NC(=O)C(C)N.Cl. The highest BCUT2D eigenvalue weighted by Gasteiger charge is 2.11. The number of halogens is 1. The first-order valence-electron chi connectivity index (χ1n) is 5.33. The summed E-state index contributed by atoms with van der Waals surface area (Å²) in [6.07, 6.45) is 0.721. The smallest absolute Gasteiger partial charge is 0.236 e. The molecule has 4 nitrogen and oxygen atoms in total. The summed E-state index contributed by atoms with van der Waals surface area (Å²) in [7, 11) is 0. The number of phenolic OH excluding ortho intramolecular Hbond substituents is 1. The van der Waals surface area contributed by atoms with Gasteiger partial charge in [0.15, 0.2) is 0 Å². The normalized spacial score (nSPS) is 13.4. The standard InChI is InChI=1S/C12H18N2O2.ClH/c1-8(14-12(16)9(2)13)7-10-3-5-11(15)6-4-10;/h3-6,8-9,15H,7,13H2,1-2H3,(H,14,16);1H. The zero-order valence-corrected chi connectivity index (χ0v) is 10.8. The highest BCUT2D eigenvalue weighted by atomic mass is 35.5. The molecule has 2 unspecified atom stereocenters. The van der Waals surface area contributed by atoms with Crippen LogP contribution in [-0.4, -0.2) is 23.1 Å². The van der Waals surface area contributed by atoms with Gasteiger partial charge in [-0.3, -0.25) is 4.79 Å². The van der Waals surface area contributed by atoms with Crippen LogP contribution in [0.4, 0.5) is 0 Å². The van der Waals surface area contributed by atoms with Crippen molar-refractivity contribution in [3.8, 4) is 5.75 Å². The first kappa shape index (κ1) is 15.7. The molecule has 5 heteroatoms. The number of amides is 1. The summed E-state index contributed by atoms with van der Waals surface area (Å²) in [6, 6.07) is 6.49. The lowest BCUT2D eigenvalue weighted by Crippen LogP contribution is -2.43. The van der Waals surface area contributed by atoms with Crippen molar-refractivity contribution >= 4 is 18.3 Å². The Bertz CT molecular complexity index is 352. The number of benzene rings is 1. The quantitative estimate of drug-likeness (QED) is 0.760. The van der Waals surface area contributed by atoms with Gasteiger partial charge in [0.1, 0.15) is 5.75 Å². The van der Waals surface area contributed by atoms with Crippen LogP contribution < -0.4 is 11.1 Å². The van der Waals surface area contributed by atoms with Gasteiger partial charge >= 0.3 is 0 Å². The Morgan fingerprint density at radius 2 is 1.88 bits per heavy atom. The van der Waals surface area contributed by atoms with Crippen LogP contribution in [0.2, 0.25) is 0 Å². The van der Waals surface area contributed by atoms with Gasteiger partial charge in [0.05, 0.1) is 6.04 Å². The number of nitrogens with one attached hydrogen (secondary N) is 1. The van der Waals surface area contributed by atoms with E-state index in [1.165, 1.54) is 0 Å². The molecule has 0 fully saturated rings. The topological polar surface area (TPSA) is 75.3 Å². The number of carbonyl (C=O) groups excluding carboxylic acids is 1. The largest absolute Gasteiger partial charge is 0.508 e. The van der Waals surface area contributed by atoms with E-state index in [1.807, 2.05) is 19.1 Å². The van der Waals surface area contributed by atoms with Gasteiger partial charge < -0.3 is 16.2 Å². The molecule has 0 aliphatic carbocycles. The van der Waals surface area contributed by atoms with Gasteiger partial charge in [-0.1, -0.05) is 12.1 Å². The fourth-order valence-corrected chi connectivity index (χ4v) is 1.41. The lowest BCUT2D eigenvalue weighted by atomic mass is 10.1. The Balaban J connectivity index is 0.00000256. The highest BCUT2D eigenvalue weighted by molar-refractivity contribution is 5.85. The molecule has 96 valence electrons. The van der Waals surface area contributed by atoms with Gasteiger partial charge in [0, 0.05) is 6.04 Å². The number of nitrogens with two attached hydrogens (primary N) is 1. The third-order valence-electron chi connectivity index (χ3n) is 2.28. The molecule has 0 radical (unpaired) electrons. The van der Waals surface area contributed by atoms with Crippen LogP contribution in [0.1, 0.15) is 19.4 Å². The van der Waals surface area contributed by atoms with Crippen molar-refractivity contribution in [2.75, 3.05) is 0 Å². The van der Waals surface area contributed by atoms with E-state index in [1.54, 1.807) is 19.1 Å². The second-order valence-electron chi connectivity index (χ2n) is 4.07. The minimum absolute atomic E-state index is 0. The van der Waals surface area contributed by atoms with Crippen LogP contribution in [0.25, 0.3) is 0 Å². The third-order valence-corrected chi connectivity index (χ3v) is 2.28. The van der Waals surface area contributed by atoms with E-state index in [4.69, 9.17) is 10.8 Å². The summed E-state index contributed by atoms with van der Waals surface area (Å²) in [5, 5.41) is 11.9. The lowest BCUT2D eigenvalue weighted by molar-refractivity contribution is -0.122. The van der Waals surface area contributed by atoms with E-state index in [0.717, 1.165) is 12.0 Å². The molecule has 2 atom stereocenters. The average molecular weight is 259 g/mol. The van der Waals surface area contributed by atoms with E-state index in [0.29, 0.717) is 0 Å². The molecule has 4 N–H and O–H groups in total. The van der Waals surface area contributed by atoms with E-state index in [9.17, 15) is 4.79 Å². The van der Waals surface area contributed by atoms with Crippen LogP contribution in [0.15, 0.2) is 24.3 Å². The van der Waals surface area contributed by atoms with Crippen LogP contribution in [0.5, 0.6) is 5.75 Å². The van der Waals surface area contributed by atoms with Crippen molar-refractivity contribution in [3.05, 3.63) is 29.8 Å². The van der Waals surface area contributed by atoms with Crippen LogP contribution in [0, 0.1) is 0 Å². The molecule has 0 bridgehead atoms. The fraction of sp³-hybridized carbons (Fsp3) is 0.417. The molecule has 17 heavy (non-hydrogen) atoms. The van der Waals surface area contributed by atoms with Crippen LogP contribution >= 0.6 is 12.4 Å².